The number of hydrogen-bond acceptors (Lipinski definition) is 2. The van der Waals surface area contributed by atoms with Gasteiger partial charge in [-0.15, -0.1) is 0 Å². The zero-order chi connectivity index (χ0) is 19.3. The van der Waals surface area contributed by atoms with Crippen LogP contribution >= 0.6 is 0 Å². The van der Waals surface area contributed by atoms with Gasteiger partial charge in [-0.3, -0.25) is 4.79 Å². The fraction of sp³-hybridized carbons (Fsp3) is 0.417. The molecule has 146 valence electrons. The van der Waals surface area contributed by atoms with Crippen LogP contribution in [0.3, 0.4) is 0 Å². The van der Waals surface area contributed by atoms with Gasteiger partial charge in [0.1, 0.15) is 5.82 Å². The van der Waals surface area contributed by atoms with Crippen molar-refractivity contribution in [1.82, 2.24) is 14.9 Å². The molecule has 28 heavy (non-hydrogen) atoms. The SMILES string of the molecule is Cc1ccc(Cn2c(CCNC(=O)C3CCCCC3)nc3ccccc32)cc1. The lowest BCUT2D eigenvalue weighted by Crippen LogP contribution is -2.33. The van der Waals surface area contributed by atoms with E-state index in [1.807, 2.05) is 6.07 Å². The van der Waals surface area contributed by atoms with E-state index >= 15 is 0 Å². The van der Waals surface area contributed by atoms with Crippen molar-refractivity contribution in [3.8, 4) is 0 Å². The average Bonchev–Trinajstić information content (AvgIpc) is 3.07. The summed E-state index contributed by atoms with van der Waals surface area (Å²) in [4.78, 5) is 17.3. The average molecular weight is 376 g/mol. The van der Waals surface area contributed by atoms with E-state index in [9.17, 15) is 4.79 Å². The first-order chi connectivity index (χ1) is 13.7. The first-order valence-electron chi connectivity index (χ1n) is 10.5. The molecule has 1 amide bonds. The lowest BCUT2D eigenvalue weighted by Gasteiger charge is -2.20. The first kappa shape index (κ1) is 18.7. The van der Waals surface area contributed by atoms with E-state index in [2.05, 4.69) is 59.3 Å². The van der Waals surface area contributed by atoms with Crippen LogP contribution in [0, 0.1) is 12.8 Å². The minimum absolute atomic E-state index is 0.208. The number of nitrogens with zero attached hydrogens (tertiary/aromatic N) is 2. The molecule has 1 heterocycles. The highest BCUT2D eigenvalue weighted by Crippen LogP contribution is 2.23. The molecule has 4 rings (SSSR count). The van der Waals surface area contributed by atoms with Gasteiger partial charge in [-0.25, -0.2) is 4.98 Å². The van der Waals surface area contributed by atoms with Gasteiger partial charge < -0.3 is 9.88 Å². The molecular weight excluding hydrogens is 346 g/mol. The number of rotatable bonds is 6. The smallest absolute Gasteiger partial charge is 0.223 e. The van der Waals surface area contributed by atoms with Crippen LogP contribution in [-0.2, 0) is 17.8 Å². The summed E-state index contributed by atoms with van der Waals surface area (Å²) >= 11 is 0. The Morgan fingerprint density at radius 2 is 1.82 bits per heavy atom. The maximum Gasteiger partial charge on any atom is 0.223 e. The van der Waals surface area contributed by atoms with Crippen LogP contribution in [0.15, 0.2) is 48.5 Å². The zero-order valence-corrected chi connectivity index (χ0v) is 16.7. The third-order valence-electron chi connectivity index (χ3n) is 5.82. The van der Waals surface area contributed by atoms with Gasteiger partial charge in [0.2, 0.25) is 5.91 Å². The van der Waals surface area contributed by atoms with Crippen LogP contribution in [0.25, 0.3) is 11.0 Å². The molecule has 1 saturated carbocycles. The van der Waals surface area contributed by atoms with Gasteiger partial charge in [-0.05, 0) is 37.5 Å². The number of imidazole rings is 1. The van der Waals surface area contributed by atoms with Gasteiger partial charge in [-0.2, -0.15) is 0 Å². The predicted molar refractivity (Wildman–Crippen MR) is 113 cm³/mol. The molecule has 3 aromatic rings. The van der Waals surface area contributed by atoms with Gasteiger partial charge in [0, 0.05) is 25.4 Å². The normalized spacial score (nSPS) is 15.0. The molecule has 0 saturated heterocycles. The van der Waals surface area contributed by atoms with Gasteiger partial charge in [-0.1, -0.05) is 61.2 Å². The second kappa shape index (κ2) is 8.59. The van der Waals surface area contributed by atoms with Crippen LogP contribution in [0.1, 0.15) is 49.1 Å². The van der Waals surface area contributed by atoms with E-state index in [0.717, 1.165) is 42.7 Å². The lowest BCUT2D eigenvalue weighted by molar-refractivity contribution is -0.125. The number of para-hydroxylation sites is 2. The number of aryl methyl sites for hydroxylation is 1. The molecule has 1 N–H and O–H groups in total. The van der Waals surface area contributed by atoms with Gasteiger partial charge in [0.25, 0.3) is 0 Å². The van der Waals surface area contributed by atoms with E-state index in [-0.39, 0.29) is 11.8 Å². The van der Waals surface area contributed by atoms with Crippen LogP contribution in [0.2, 0.25) is 0 Å². The second-order valence-electron chi connectivity index (χ2n) is 7.96. The number of hydrogen-bond donors (Lipinski definition) is 1. The van der Waals surface area contributed by atoms with Gasteiger partial charge >= 0.3 is 0 Å². The van der Waals surface area contributed by atoms with Gasteiger partial charge in [0.05, 0.1) is 11.0 Å². The highest BCUT2D eigenvalue weighted by atomic mass is 16.1. The first-order valence-corrected chi connectivity index (χ1v) is 10.5. The molecule has 2 aromatic carbocycles. The molecule has 1 aliphatic rings. The number of fused-ring (bicyclic) bond motifs is 1. The number of nitrogens with one attached hydrogen (secondary N) is 1. The third kappa shape index (κ3) is 4.27. The molecule has 0 radical (unpaired) electrons. The molecular formula is C24H29N3O. The van der Waals surface area contributed by atoms with Crippen molar-refractivity contribution in [3.63, 3.8) is 0 Å². The fourth-order valence-electron chi connectivity index (χ4n) is 4.18. The lowest BCUT2D eigenvalue weighted by atomic mass is 9.89. The van der Waals surface area contributed by atoms with E-state index in [4.69, 9.17) is 4.98 Å². The Hall–Kier alpha value is -2.62. The summed E-state index contributed by atoms with van der Waals surface area (Å²) in [5, 5.41) is 3.15. The molecule has 0 aliphatic heterocycles. The Labute approximate surface area is 167 Å². The molecule has 0 atom stereocenters. The molecule has 0 unspecified atom stereocenters. The highest BCUT2D eigenvalue weighted by molar-refractivity contribution is 5.79. The Morgan fingerprint density at radius 3 is 2.61 bits per heavy atom. The zero-order valence-electron chi connectivity index (χ0n) is 16.7. The van der Waals surface area contributed by atoms with Crippen LogP contribution in [-0.4, -0.2) is 22.0 Å². The van der Waals surface area contributed by atoms with Crippen molar-refractivity contribution in [1.29, 1.82) is 0 Å². The predicted octanol–water partition coefficient (Wildman–Crippen LogP) is 4.63. The summed E-state index contributed by atoms with van der Waals surface area (Å²) in [5.74, 6) is 1.46. The molecule has 4 nitrogen and oxygen atoms in total. The Kier molecular flexibility index (Phi) is 5.75. The topological polar surface area (TPSA) is 46.9 Å². The minimum atomic E-state index is 0.208. The Morgan fingerprint density at radius 1 is 1.07 bits per heavy atom. The van der Waals surface area contributed by atoms with Crippen molar-refractivity contribution >= 4 is 16.9 Å². The number of carbonyl (C=O) groups excluding carboxylic acids is 1. The monoisotopic (exact) mass is 375 g/mol. The Bertz CT molecular complexity index is 936. The molecule has 1 aromatic heterocycles. The molecule has 1 aliphatic carbocycles. The van der Waals surface area contributed by atoms with E-state index in [0.29, 0.717) is 6.54 Å². The maximum atomic E-state index is 12.4. The third-order valence-corrected chi connectivity index (χ3v) is 5.82. The van der Waals surface area contributed by atoms with Crippen molar-refractivity contribution in [2.45, 2.75) is 52.0 Å². The number of benzene rings is 2. The standard InChI is InChI=1S/C24H29N3O/c1-18-11-13-19(14-12-18)17-27-22-10-6-5-9-21(22)26-23(27)15-16-25-24(28)20-7-3-2-4-8-20/h5-6,9-14,20H,2-4,7-8,15-17H2,1H3,(H,25,28). The van der Waals surface area contributed by atoms with Crippen LogP contribution in [0.4, 0.5) is 0 Å². The molecule has 0 bridgehead atoms. The molecule has 4 heteroatoms. The largest absolute Gasteiger partial charge is 0.355 e. The van der Waals surface area contributed by atoms with Crippen molar-refractivity contribution < 1.29 is 4.79 Å². The summed E-state index contributed by atoms with van der Waals surface area (Å²) in [5.41, 5.74) is 4.70. The maximum absolute atomic E-state index is 12.4. The second-order valence-corrected chi connectivity index (χ2v) is 7.96. The van der Waals surface area contributed by atoms with Crippen molar-refractivity contribution in [3.05, 3.63) is 65.5 Å². The van der Waals surface area contributed by atoms with E-state index in [1.165, 1.54) is 30.4 Å². The summed E-state index contributed by atoms with van der Waals surface area (Å²) < 4.78 is 2.28. The number of amides is 1. The number of carbonyl (C=O) groups is 1. The minimum Gasteiger partial charge on any atom is -0.355 e. The van der Waals surface area contributed by atoms with Crippen molar-refractivity contribution in [2.24, 2.45) is 5.92 Å². The summed E-state index contributed by atoms with van der Waals surface area (Å²) in [6.45, 7) is 3.55. The van der Waals surface area contributed by atoms with Crippen LogP contribution in [0.5, 0.6) is 0 Å². The molecule has 1 fully saturated rings. The number of aromatic nitrogens is 2. The van der Waals surface area contributed by atoms with Crippen molar-refractivity contribution in [2.75, 3.05) is 6.54 Å². The summed E-state index contributed by atoms with van der Waals surface area (Å²) in [6.07, 6.45) is 6.47. The summed E-state index contributed by atoms with van der Waals surface area (Å²) in [7, 11) is 0. The Balaban J connectivity index is 1.48. The van der Waals surface area contributed by atoms with E-state index < -0.39 is 0 Å². The quantitative estimate of drug-likeness (QED) is 0.683. The highest BCUT2D eigenvalue weighted by Gasteiger charge is 2.20. The molecule has 0 spiro atoms. The fourth-order valence-corrected chi connectivity index (χ4v) is 4.18. The summed E-state index contributed by atoms with van der Waals surface area (Å²) in [6, 6.07) is 16.9. The van der Waals surface area contributed by atoms with Gasteiger partial charge in [0.15, 0.2) is 0 Å². The van der Waals surface area contributed by atoms with E-state index in [1.54, 1.807) is 0 Å². The van der Waals surface area contributed by atoms with Crippen LogP contribution < -0.4 is 5.32 Å².